The number of halogens is 1. The van der Waals surface area contributed by atoms with Crippen molar-refractivity contribution in [1.82, 2.24) is 4.90 Å². The second kappa shape index (κ2) is 5.02. The Hall–Kier alpha value is -1.26. The zero-order valence-corrected chi connectivity index (χ0v) is 12.2. The number of piperazine rings is 1. The van der Waals surface area contributed by atoms with Gasteiger partial charge in [0.15, 0.2) is 0 Å². The third-order valence-corrected chi connectivity index (χ3v) is 4.07. The van der Waals surface area contributed by atoms with Crippen molar-refractivity contribution in [2.75, 3.05) is 25.0 Å². The predicted molar refractivity (Wildman–Crippen MR) is 76.4 cm³/mol. The molecular weight excluding hydrogens is 264 g/mol. The largest absolute Gasteiger partial charge is 0.392 e. The van der Waals surface area contributed by atoms with E-state index in [0.29, 0.717) is 17.1 Å². The summed E-state index contributed by atoms with van der Waals surface area (Å²) in [6.45, 7) is 5.22. The van der Waals surface area contributed by atoms with E-state index in [2.05, 4.69) is 4.90 Å². The van der Waals surface area contributed by atoms with Gasteiger partial charge < -0.3 is 14.9 Å². The van der Waals surface area contributed by atoms with E-state index in [1.807, 2.05) is 33.0 Å². The zero-order valence-electron chi connectivity index (χ0n) is 11.5. The van der Waals surface area contributed by atoms with E-state index >= 15 is 0 Å². The average molecular weight is 283 g/mol. The van der Waals surface area contributed by atoms with Crippen molar-refractivity contribution in [3.05, 3.63) is 28.8 Å². The number of hydrogen-bond donors (Lipinski definition) is 1. The quantitative estimate of drug-likeness (QED) is 0.901. The van der Waals surface area contributed by atoms with E-state index in [1.54, 1.807) is 11.0 Å². The number of hydrogen-bond acceptors (Lipinski definition) is 3. The van der Waals surface area contributed by atoms with Crippen LogP contribution in [0.1, 0.15) is 19.4 Å². The lowest BCUT2D eigenvalue weighted by Crippen LogP contribution is -2.62. The molecule has 0 saturated carbocycles. The number of aliphatic hydroxyl groups excluding tert-OH is 1. The van der Waals surface area contributed by atoms with Crippen molar-refractivity contribution in [3.63, 3.8) is 0 Å². The van der Waals surface area contributed by atoms with Crippen LogP contribution in [0.4, 0.5) is 5.69 Å². The topological polar surface area (TPSA) is 43.8 Å². The number of anilines is 1. The SMILES string of the molecule is CN1CCN(c2ccc(CO)c(Cl)c2)C(C)(C)C1=O. The highest BCUT2D eigenvalue weighted by molar-refractivity contribution is 6.31. The van der Waals surface area contributed by atoms with E-state index in [1.165, 1.54) is 0 Å². The van der Waals surface area contributed by atoms with Gasteiger partial charge in [0.2, 0.25) is 5.91 Å². The maximum Gasteiger partial charge on any atom is 0.247 e. The fraction of sp³-hybridized carbons (Fsp3) is 0.500. The molecule has 0 atom stereocenters. The fourth-order valence-electron chi connectivity index (χ4n) is 2.50. The second-order valence-electron chi connectivity index (χ2n) is 5.37. The lowest BCUT2D eigenvalue weighted by molar-refractivity contribution is -0.136. The van der Waals surface area contributed by atoms with Crippen molar-refractivity contribution < 1.29 is 9.90 Å². The third-order valence-electron chi connectivity index (χ3n) is 3.72. The molecule has 4 nitrogen and oxygen atoms in total. The molecule has 1 aliphatic rings. The molecule has 1 N–H and O–H groups in total. The van der Waals surface area contributed by atoms with Crippen LogP contribution in [0.25, 0.3) is 0 Å². The number of likely N-dealkylation sites (N-methyl/N-ethyl adjacent to an activating group) is 1. The minimum absolute atomic E-state index is 0.0792. The van der Waals surface area contributed by atoms with Gasteiger partial charge in [0, 0.05) is 30.8 Å². The normalized spacial score (nSPS) is 18.9. The molecule has 1 aromatic rings. The second-order valence-corrected chi connectivity index (χ2v) is 5.78. The molecule has 104 valence electrons. The summed E-state index contributed by atoms with van der Waals surface area (Å²) >= 11 is 6.12. The van der Waals surface area contributed by atoms with Crippen LogP contribution in [0, 0.1) is 0 Å². The average Bonchev–Trinajstić information content (AvgIpc) is 2.36. The van der Waals surface area contributed by atoms with Crippen LogP contribution in [-0.2, 0) is 11.4 Å². The Morgan fingerprint density at radius 3 is 2.63 bits per heavy atom. The standard InChI is InChI=1S/C14H19ClN2O2/c1-14(2)13(19)16(3)6-7-17(14)11-5-4-10(9-18)12(15)8-11/h4-5,8,18H,6-7,9H2,1-3H3. The number of amides is 1. The Morgan fingerprint density at radius 2 is 2.05 bits per heavy atom. The predicted octanol–water partition coefficient (Wildman–Crippen LogP) is 1.89. The summed E-state index contributed by atoms with van der Waals surface area (Å²) in [6.07, 6.45) is 0. The maximum absolute atomic E-state index is 12.2. The van der Waals surface area contributed by atoms with Crippen LogP contribution in [-0.4, -0.2) is 41.6 Å². The first-order valence-corrected chi connectivity index (χ1v) is 6.68. The summed E-state index contributed by atoms with van der Waals surface area (Å²) in [5, 5.41) is 9.67. The molecule has 0 spiro atoms. The smallest absolute Gasteiger partial charge is 0.247 e. The first-order chi connectivity index (χ1) is 8.87. The highest BCUT2D eigenvalue weighted by atomic mass is 35.5. The molecule has 2 rings (SSSR count). The summed E-state index contributed by atoms with van der Waals surface area (Å²) < 4.78 is 0. The van der Waals surface area contributed by atoms with Crippen LogP contribution >= 0.6 is 11.6 Å². The molecule has 0 aliphatic carbocycles. The first-order valence-electron chi connectivity index (χ1n) is 6.30. The fourth-order valence-corrected chi connectivity index (χ4v) is 2.73. The summed E-state index contributed by atoms with van der Waals surface area (Å²) in [5.74, 6) is 0.0982. The Kier molecular flexibility index (Phi) is 3.74. The van der Waals surface area contributed by atoms with Gasteiger partial charge in [0.1, 0.15) is 5.54 Å². The molecule has 1 saturated heterocycles. The molecule has 1 aromatic carbocycles. The summed E-state index contributed by atoms with van der Waals surface area (Å²) in [5.41, 5.74) is 1.02. The van der Waals surface area contributed by atoms with Crippen LogP contribution in [0.5, 0.6) is 0 Å². The van der Waals surface area contributed by atoms with E-state index in [4.69, 9.17) is 16.7 Å². The van der Waals surface area contributed by atoms with Crippen LogP contribution in [0.2, 0.25) is 5.02 Å². The van der Waals surface area contributed by atoms with Crippen LogP contribution in [0.3, 0.4) is 0 Å². The molecular formula is C14H19ClN2O2. The number of aliphatic hydroxyl groups is 1. The van der Waals surface area contributed by atoms with E-state index < -0.39 is 5.54 Å². The Balaban J connectivity index is 2.36. The molecule has 0 aromatic heterocycles. The molecule has 1 heterocycles. The minimum Gasteiger partial charge on any atom is -0.392 e. The summed E-state index contributed by atoms with van der Waals surface area (Å²) in [6, 6.07) is 5.52. The summed E-state index contributed by atoms with van der Waals surface area (Å²) in [7, 11) is 1.82. The number of benzene rings is 1. The van der Waals surface area contributed by atoms with Gasteiger partial charge in [0.25, 0.3) is 0 Å². The number of nitrogens with zero attached hydrogens (tertiary/aromatic N) is 2. The van der Waals surface area contributed by atoms with E-state index in [9.17, 15) is 4.79 Å². The highest BCUT2D eigenvalue weighted by Gasteiger charge is 2.40. The molecule has 1 fully saturated rings. The van der Waals surface area contributed by atoms with Crippen molar-refractivity contribution in [3.8, 4) is 0 Å². The molecule has 1 amide bonds. The lowest BCUT2D eigenvalue weighted by atomic mass is 9.96. The van der Waals surface area contributed by atoms with Crippen LogP contribution < -0.4 is 4.90 Å². The van der Waals surface area contributed by atoms with Gasteiger partial charge in [-0.2, -0.15) is 0 Å². The Morgan fingerprint density at radius 1 is 1.37 bits per heavy atom. The van der Waals surface area contributed by atoms with Gasteiger partial charge in [-0.25, -0.2) is 0 Å². The monoisotopic (exact) mass is 282 g/mol. The van der Waals surface area contributed by atoms with Gasteiger partial charge in [-0.15, -0.1) is 0 Å². The van der Waals surface area contributed by atoms with Gasteiger partial charge in [0.05, 0.1) is 6.61 Å². The highest BCUT2D eigenvalue weighted by Crippen LogP contribution is 2.31. The van der Waals surface area contributed by atoms with Gasteiger partial charge >= 0.3 is 0 Å². The lowest BCUT2D eigenvalue weighted by Gasteiger charge is -2.46. The number of carbonyl (C=O) groups excluding carboxylic acids is 1. The number of rotatable bonds is 2. The molecule has 5 heteroatoms. The van der Waals surface area contributed by atoms with Gasteiger partial charge in [-0.3, -0.25) is 4.79 Å². The zero-order chi connectivity index (χ0) is 14.2. The molecule has 0 radical (unpaired) electrons. The first kappa shape index (κ1) is 14.2. The van der Waals surface area contributed by atoms with Crippen LogP contribution in [0.15, 0.2) is 18.2 Å². The molecule has 1 aliphatic heterocycles. The minimum atomic E-state index is -0.586. The van der Waals surface area contributed by atoms with Crippen molar-refractivity contribution in [2.24, 2.45) is 0 Å². The maximum atomic E-state index is 12.2. The van der Waals surface area contributed by atoms with Crippen molar-refractivity contribution >= 4 is 23.2 Å². The van der Waals surface area contributed by atoms with E-state index in [0.717, 1.165) is 12.2 Å². The molecule has 0 bridgehead atoms. The molecule has 19 heavy (non-hydrogen) atoms. The van der Waals surface area contributed by atoms with Crippen molar-refractivity contribution in [1.29, 1.82) is 0 Å². The van der Waals surface area contributed by atoms with Crippen molar-refractivity contribution in [2.45, 2.75) is 26.0 Å². The third kappa shape index (κ3) is 2.42. The van der Waals surface area contributed by atoms with E-state index in [-0.39, 0.29) is 12.5 Å². The Labute approximate surface area is 118 Å². The Bertz CT molecular complexity index is 502. The van der Waals surface area contributed by atoms with Gasteiger partial charge in [-0.1, -0.05) is 17.7 Å². The molecule has 0 unspecified atom stereocenters. The number of carbonyl (C=O) groups is 1. The van der Waals surface area contributed by atoms with Gasteiger partial charge in [-0.05, 0) is 31.5 Å². The summed E-state index contributed by atoms with van der Waals surface area (Å²) in [4.78, 5) is 16.1.